The van der Waals surface area contributed by atoms with E-state index >= 15 is 0 Å². The average molecular weight is 442 g/mol. The van der Waals surface area contributed by atoms with Gasteiger partial charge in [0.2, 0.25) is 0 Å². The highest BCUT2D eigenvalue weighted by Gasteiger charge is 2.08. The summed E-state index contributed by atoms with van der Waals surface area (Å²) >= 11 is 0. The zero-order chi connectivity index (χ0) is 21.2. The molecular formula is C25H47NO3S. The molecule has 0 radical (unpaired) electrons. The van der Waals surface area contributed by atoms with Crippen molar-refractivity contribution in [2.45, 2.75) is 127 Å². The van der Waals surface area contributed by atoms with Crippen LogP contribution < -0.4 is 6.15 Å². The number of hydrogen-bond donors (Lipinski definition) is 2. The first-order valence-corrected chi connectivity index (χ1v) is 13.5. The van der Waals surface area contributed by atoms with E-state index < -0.39 is 10.1 Å². The second-order valence-electron chi connectivity index (χ2n) is 8.53. The first kappa shape index (κ1) is 29.1. The van der Waals surface area contributed by atoms with Gasteiger partial charge in [-0.2, -0.15) is 8.42 Å². The Bertz CT molecular complexity index is 599. The molecule has 0 aliphatic carbocycles. The molecule has 176 valence electrons. The molecule has 0 aliphatic rings. The van der Waals surface area contributed by atoms with E-state index in [1.165, 1.54) is 115 Å². The van der Waals surface area contributed by atoms with Gasteiger partial charge in [-0.05, 0) is 30.5 Å². The van der Waals surface area contributed by atoms with Crippen LogP contribution in [0.4, 0.5) is 0 Å². The molecule has 0 atom stereocenters. The molecule has 0 bridgehead atoms. The van der Waals surface area contributed by atoms with Crippen molar-refractivity contribution in [1.82, 2.24) is 6.15 Å². The van der Waals surface area contributed by atoms with Crippen molar-refractivity contribution in [2.75, 3.05) is 0 Å². The van der Waals surface area contributed by atoms with Gasteiger partial charge in [0.1, 0.15) is 0 Å². The first-order valence-electron chi connectivity index (χ1n) is 12.1. The summed E-state index contributed by atoms with van der Waals surface area (Å²) < 4.78 is 31.0. The predicted octanol–water partition coefficient (Wildman–Crippen LogP) is 8.29. The lowest BCUT2D eigenvalue weighted by Crippen LogP contribution is -1.98. The van der Waals surface area contributed by atoms with Gasteiger partial charge in [0.25, 0.3) is 10.1 Å². The molecule has 1 aromatic rings. The third kappa shape index (κ3) is 15.9. The average Bonchev–Trinajstić information content (AvgIpc) is 2.70. The minimum absolute atomic E-state index is 0. The minimum Gasteiger partial charge on any atom is -0.344 e. The molecule has 0 saturated heterocycles. The molecule has 0 aromatic heterocycles. The molecule has 4 nitrogen and oxygen atoms in total. The molecule has 4 N–H and O–H groups in total. The summed E-state index contributed by atoms with van der Waals surface area (Å²) in [6.07, 6.45) is 24.3. The molecule has 1 aromatic carbocycles. The highest BCUT2D eigenvalue weighted by molar-refractivity contribution is 7.85. The number of aryl methyl sites for hydroxylation is 1. The summed E-state index contributed by atoms with van der Waals surface area (Å²) in [5, 5.41) is 0. The molecule has 5 heteroatoms. The van der Waals surface area contributed by atoms with E-state index in [1.807, 2.05) is 0 Å². The molecule has 0 saturated carbocycles. The van der Waals surface area contributed by atoms with E-state index in [2.05, 4.69) is 6.92 Å². The van der Waals surface area contributed by atoms with Gasteiger partial charge < -0.3 is 6.15 Å². The van der Waals surface area contributed by atoms with Crippen molar-refractivity contribution in [3.63, 3.8) is 0 Å². The molecular weight excluding hydrogens is 394 g/mol. The second-order valence-corrected chi connectivity index (χ2v) is 9.95. The monoisotopic (exact) mass is 441 g/mol. The largest absolute Gasteiger partial charge is 0.344 e. The zero-order valence-electron chi connectivity index (χ0n) is 19.4. The van der Waals surface area contributed by atoms with Gasteiger partial charge in [-0.25, -0.2) is 0 Å². The molecule has 0 spiro atoms. The van der Waals surface area contributed by atoms with E-state index in [1.54, 1.807) is 12.1 Å². The van der Waals surface area contributed by atoms with Crippen LogP contribution in [0.15, 0.2) is 29.2 Å². The molecule has 0 fully saturated rings. The Hall–Kier alpha value is -0.910. The Morgan fingerprint density at radius 2 is 0.933 bits per heavy atom. The molecule has 0 aliphatic heterocycles. The topological polar surface area (TPSA) is 89.4 Å². The van der Waals surface area contributed by atoms with Crippen molar-refractivity contribution in [3.05, 3.63) is 29.8 Å². The molecule has 1 rings (SSSR count). The fourth-order valence-electron chi connectivity index (χ4n) is 3.88. The predicted molar refractivity (Wildman–Crippen MR) is 129 cm³/mol. The number of unbranched alkanes of at least 4 members (excludes halogenated alkanes) is 16. The van der Waals surface area contributed by atoms with Crippen LogP contribution in [-0.2, 0) is 16.5 Å². The summed E-state index contributed by atoms with van der Waals surface area (Å²) in [7, 11) is -4.07. The SMILES string of the molecule is CCCCCCCCCCCCCCCCCCCc1ccc(S(=O)(=O)O)cc1.N. The fourth-order valence-corrected chi connectivity index (χ4v) is 4.36. The maximum atomic E-state index is 11.0. The van der Waals surface area contributed by atoms with Crippen molar-refractivity contribution < 1.29 is 13.0 Å². The van der Waals surface area contributed by atoms with Crippen LogP contribution >= 0.6 is 0 Å². The zero-order valence-corrected chi connectivity index (χ0v) is 20.2. The van der Waals surface area contributed by atoms with Crippen LogP contribution in [0, 0.1) is 0 Å². The van der Waals surface area contributed by atoms with Gasteiger partial charge in [0.15, 0.2) is 0 Å². The summed E-state index contributed by atoms with van der Waals surface area (Å²) in [6.45, 7) is 2.28. The van der Waals surface area contributed by atoms with E-state index in [0.717, 1.165) is 18.4 Å². The quantitative estimate of drug-likeness (QED) is 0.167. The van der Waals surface area contributed by atoms with Crippen molar-refractivity contribution in [3.8, 4) is 0 Å². The van der Waals surface area contributed by atoms with Crippen molar-refractivity contribution >= 4 is 10.1 Å². The van der Waals surface area contributed by atoms with E-state index in [4.69, 9.17) is 4.55 Å². The number of benzene rings is 1. The Labute approximate surface area is 186 Å². The van der Waals surface area contributed by atoms with E-state index in [9.17, 15) is 8.42 Å². The minimum atomic E-state index is -4.07. The van der Waals surface area contributed by atoms with Crippen LogP contribution in [0.25, 0.3) is 0 Å². The second kappa shape index (κ2) is 18.8. The van der Waals surface area contributed by atoms with Gasteiger partial charge >= 0.3 is 0 Å². The van der Waals surface area contributed by atoms with Crippen LogP contribution in [0.5, 0.6) is 0 Å². The van der Waals surface area contributed by atoms with Gasteiger partial charge in [0.05, 0.1) is 4.90 Å². The maximum Gasteiger partial charge on any atom is 0.294 e. The normalized spacial score (nSPS) is 11.4. The fraction of sp³-hybridized carbons (Fsp3) is 0.760. The number of hydrogen-bond acceptors (Lipinski definition) is 3. The standard InChI is InChI=1S/C25H44O3S.H3N/c1-2-3-4-5-6-7-8-9-10-11-12-13-14-15-16-17-18-19-24-20-22-25(23-21-24)29(26,27)28;/h20-23H,2-19H2,1H3,(H,26,27,28);1H3. The Balaban J connectivity index is 0.00000841. The molecule has 30 heavy (non-hydrogen) atoms. The lowest BCUT2D eigenvalue weighted by atomic mass is 10.0. The lowest BCUT2D eigenvalue weighted by molar-refractivity contribution is 0.483. The Morgan fingerprint density at radius 1 is 0.600 bits per heavy atom. The highest BCUT2D eigenvalue weighted by Crippen LogP contribution is 2.16. The van der Waals surface area contributed by atoms with Crippen molar-refractivity contribution in [1.29, 1.82) is 0 Å². The Kier molecular flexibility index (Phi) is 18.3. The lowest BCUT2D eigenvalue weighted by Gasteiger charge is -2.04. The van der Waals surface area contributed by atoms with Gasteiger partial charge in [-0.3, -0.25) is 4.55 Å². The van der Waals surface area contributed by atoms with E-state index in [0.29, 0.717) is 0 Å². The third-order valence-corrected chi connectivity index (χ3v) is 6.66. The molecule has 0 unspecified atom stereocenters. The maximum absolute atomic E-state index is 11.0. The smallest absolute Gasteiger partial charge is 0.294 e. The first-order chi connectivity index (χ1) is 14.0. The van der Waals surface area contributed by atoms with Gasteiger partial charge in [0, 0.05) is 0 Å². The summed E-state index contributed by atoms with van der Waals surface area (Å²) in [4.78, 5) is -0.0244. The van der Waals surface area contributed by atoms with Crippen LogP contribution in [0.1, 0.15) is 122 Å². The van der Waals surface area contributed by atoms with Gasteiger partial charge in [-0.1, -0.05) is 122 Å². The summed E-state index contributed by atoms with van der Waals surface area (Å²) in [6, 6.07) is 6.57. The third-order valence-electron chi connectivity index (χ3n) is 5.79. The van der Waals surface area contributed by atoms with Crippen LogP contribution in [0.3, 0.4) is 0 Å². The van der Waals surface area contributed by atoms with Gasteiger partial charge in [-0.15, -0.1) is 0 Å². The number of rotatable bonds is 19. The summed E-state index contributed by atoms with van der Waals surface area (Å²) in [5.41, 5.74) is 1.14. The molecule has 0 amide bonds. The summed E-state index contributed by atoms with van der Waals surface area (Å²) in [5.74, 6) is 0. The highest BCUT2D eigenvalue weighted by atomic mass is 32.2. The Morgan fingerprint density at radius 3 is 1.27 bits per heavy atom. The van der Waals surface area contributed by atoms with Crippen molar-refractivity contribution in [2.24, 2.45) is 0 Å². The van der Waals surface area contributed by atoms with Crippen LogP contribution in [0.2, 0.25) is 0 Å². The van der Waals surface area contributed by atoms with Crippen LogP contribution in [-0.4, -0.2) is 13.0 Å². The van der Waals surface area contributed by atoms with E-state index in [-0.39, 0.29) is 11.0 Å². The molecule has 0 heterocycles.